The normalized spacial score (nSPS) is 13.6. The van der Waals surface area contributed by atoms with Gasteiger partial charge < -0.3 is 20.7 Å². The van der Waals surface area contributed by atoms with Gasteiger partial charge in [-0.05, 0) is 26.7 Å². The number of hydrogen-bond acceptors (Lipinski definition) is 3. The van der Waals surface area contributed by atoms with Gasteiger partial charge in [-0.25, -0.2) is 9.78 Å². The maximum absolute atomic E-state index is 11.7. The Bertz CT molecular complexity index is 405. The first-order valence-corrected chi connectivity index (χ1v) is 6.27. The third-order valence-corrected chi connectivity index (χ3v) is 2.68. The number of hydrogen-bond donors (Lipinski definition) is 4. The summed E-state index contributed by atoms with van der Waals surface area (Å²) in [5.74, 6) is -0.128. The van der Waals surface area contributed by atoms with Gasteiger partial charge in [-0.2, -0.15) is 0 Å². The molecule has 0 saturated heterocycles. The van der Waals surface area contributed by atoms with Crippen molar-refractivity contribution in [1.29, 1.82) is 0 Å². The van der Waals surface area contributed by atoms with Crippen LogP contribution in [0.4, 0.5) is 4.79 Å². The van der Waals surface area contributed by atoms with E-state index < -0.39 is 5.97 Å². The first-order valence-electron chi connectivity index (χ1n) is 6.27. The quantitative estimate of drug-likeness (QED) is 0.599. The zero-order chi connectivity index (χ0) is 14.3. The van der Waals surface area contributed by atoms with Gasteiger partial charge in [-0.1, -0.05) is 0 Å². The van der Waals surface area contributed by atoms with Crippen LogP contribution in [0.5, 0.6) is 0 Å². The minimum Gasteiger partial charge on any atom is -0.481 e. The number of carbonyl (C=O) groups excluding carboxylic acids is 1. The smallest absolute Gasteiger partial charge is 0.315 e. The van der Waals surface area contributed by atoms with E-state index in [2.05, 4.69) is 20.6 Å². The van der Waals surface area contributed by atoms with Crippen LogP contribution in [0.1, 0.15) is 45.0 Å². The zero-order valence-electron chi connectivity index (χ0n) is 11.1. The van der Waals surface area contributed by atoms with Gasteiger partial charge in [0.25, 0.3) is 0 Å². The largest absolute Gasteiger partial charge is 0.481 e. The van der Waals surface area contributed by atoms with Crippen molar-refractivity contribution in [3.8, 4) is 0 Å². The second-order valence-corrected chi connectivity index (χ2v) is 4.50. The number of urea groups is 1. The SMILES string of the molecule is CC(CCCC(=O)O)NC(=O)NC(C)c1ncc[nH]1. The lowest BCUT2D eigenvalue weighted by Gasteiger charge is -2.16. The number of carboxylic acid groups (broad SMARTS) is 1. The molecule has 0 fully saturated rings. The van der Waals surface area contributed by atoms with Crippen LogP contribution in [0, 0.1) is 0 Å². The second kappa shape index (κ2) is 7.40. The Morgan fingerprint density at radius 1 is 1.42 bits per heavy atom. The Morgan fingerprint density at radius 3 is 2.74 bits per heavy atom. The topological polar surface area (TPSA) is 107 Å². The first kappa shape index (κ1) is 15.0. The molecule has 1 heterocycles. The monoisotopic (exact) mass is 268 g/mol. The van der Waals surface area contributed by atoms with Gasteiger partial charge in [-0.3, -0.25) is 4.79 Å². The maximum atomic E-state index is 11.7. The van der Waals surface area contributed by atoms with E-state index in [1.54, 1.807) is 12.4 Å². The Labute approximate surface area is 111 Å². The van der Waals surface area contributed by atoms with Crippen LogP contribution in [0.2, 0.25) is 0 Å². The second-order valence-electron chi connectivity index (χ2n) is 4.50. The third-order valence-electron chi connectivity index (χ3n) is 2.68. The Hall–Kier alpha value is -2.05. The predicted octanol–water partition coefficient (Wildman–Crippen LogP) is 1.41. The van der Waals surface area contributed by atoms with Crippen LogP contribution in [0.15, 0.2) is 12.4 Å². The van der Waals surface area contributed by atoms with Gasteiger partial charge in [0.2, 0.25) is 0 Å². The lowest BCUT2D eigenvalue weighted by atomic mass is 10.1. The Morgan fingerprint density at radius 2 is 2.16 bits per heavy atom. The van der Waals surface area contributed by atoms with Gasteiger partial charge in [0.05, 0.1) is 6.04 Å². The number of aromatic nitrogens is 2. The van der Waals surface area contributed by atoms with Crippen molar-refractivity contribution in [1.82, 2.24) is 20.6 Å². The molecule has 1 rings (SSSR count). The molecule has 0 aliphatic carbocycles. The van der Waals surface area contributed by atoms with Crippen LogP contribution in [-0.4, -0.2) is 33.1 Å². The van der Waals surface area contributed by atoms with Gasteiger partial charge in [0.1, 0.15) is 5.82 Å². The number of amides is 2. The van der Waals surface area contributed by atoms with E-state index >= 15 is 0 Å². The fraction of sp³-hybridized carbons (Fsp3) is 0.583. The van der Waals surface area contributed by atoms with E-state index in [4.69, 9.17) is 5.11 Å². The summed E-state index contributed by atoms with van der Waals surface area (Å²) >= 11 is 0. The van der Waals surface area contributed by atoms with Crippen molar-refractivity contribution in [2.24, 2.45) is 0 Å². The summed E-state index contributed by atoms with van der Waals surface area (Å²) < 4.78 is 0. The molecule has 0 bridgehead atoms. The maximum Gasteiger partial charge on any atom is 0.315 e. The average molecular weight is 268 g/mol. The third kappa shape index (κ3) is 5.89. The number of aromatic amines is 1. The van der Waals surface area contributed by atoms with E-state index in [0.717, 1.165) is 0 Å². The van der Waals surface area contributed by atoms with Crippen molar-refractivity contribution in [2.45, 2.75) is 45.2 Å². The molecule has 7 heteroatoms. The molecule has 19 heavy (non-hydrogen) atoms. The lowest BCUT2D eigenvalue weighted by molar-refractivity contribution is -0.137. The molecule has 1 aromatic heterocycles. The van der Waals surface area contributed by atoms with Gasteiger partial charge >= 0.3 is 12.0 Å². The fourth-order valence-electron chi connectivity index (χ4n) is 1.68. The number of rotatable bonds is 7. The van der Waals surface area contributed by atoms with E-state index in [1.165, 1.54) is 0 Å². The summed E-state index contributed by atoms with van der Waals surface area (Å²) in [4.78, 5) is 29.0. The zero-order valence-corrected chi connectivity index (χ0v) is 11.1. The molecule has 0 aromatic carbocycles. The number of carboxylic acids is 1. The molecule has 106 valence electrons. The summed E-state index contributed by atoms with van der Waals surface area (Å²) in [6.45, 7) is 3.67. The molecule has 2 unspecified atom stereocenters. The molecule has 7 nitrogen and oxygen atoms in total. The van der Waals surface area contributed by atoms with Crippen LogP contribution in [0.3, 0.4) is 0 Å². The van der Waals surface area contributed by atoms with Gasteiger partial charge in [0.15, 0.2) is 0 Å². The highest BCUT2D eigenvalue weighted by atomic mass is 16.4. The van der Waals surface area contributed by atoms with Crippen LogP contribution >= 0.6 is 0 Å². The number of imidazole rings is 1. The molecule has 4 N–H and O–H groups in total. The van der Waals surface area contributed by atoms with E-state index in [9.17, 15) is 9.59 Å². The summed E-state index contributed by atoms with van der Waals surface area (Å²) in [7, 11) is 0. The Kier molecular flexibility index (Phi) is 5.84. The minimum atomic E-state index is -0.817. The number of aliphatic carboxylic acids is 1. The van der Waals surface area contributed by atoms with Crippen LogP contribution in [0.25, 0.3) is 0 Å². The standard InChI is InChI=1S/C12H20N4O3/c1-8(4-3-5-10(17)18)15-12(19)16-9(2)11-13-6-7-14-11/h6-9H,3-5H2,1-2H3,(H,13,14)(H,17,18)(H2,15,16,19). The van der Waals surface area contributed by atoms with E-state index in [0.29, 0.717) is 18.7 Å². The van der Waals surface area contributed by atoms with E-state index in [-0.39, 0.29) is 24.5 Å². The highest BCUT2D eigenvalue weighted by Gasteiger charge is 2.13. The van der Waals surface area contributed by atoms with Crippen molar-refractivity contribution in [3.05, 3.63) is 18.2 Å². The molecule has 1 aromatic rings. The van der Waals surface area contributed by atoms with E-state index in [1.807, 2.05) is 13.8 Å². The van der Waals surface area contributed by atoms with Crippen LogP contribution in [-0.2, 0) is 4.79 Å². The molecule has 0 spiro atoms. The molecule has 2 amide bonds. The highest BCUT2D eigenvalue weighted by molar-refractivity contribution is 5.74. The van der Waals surface area contributed by atoms with Crippen molar-refractivity contribution < 1.29 is 14.7 Å². The summed E-state index contributed by atoms with van der Waals surface area (Å²) in [5.41, 5.74) is 0. The number of H-pyrrole nitrogens is 1. The molecule has 0 radical (unpaired) electrons. The van der Waals surface area contributed by atoms with Gasteiger partial charge in [-0.15, -0.1) is 0 Å². The van der Waals surface area contributed by atoms with Crippen molar-refractivity contribution >= 4 is 12.0 Å². The molecule has 0 aliphatic rings. The Balaban J connectivity index is 2.24. The summed E-state index contributed by atoms with van der Waals surface area (Å²) in [6, 6.07) is -0.559. The number of nitrogens with zero attached hydrogens (tertiary/aromatic N) is 1. The highest BCUT2D eigenvalue weighted by Crippen LogP contribution is 2.05. The minimum absolute atomic E-state index is 0.0665. The average Bonchev–Trinajstić information content (AvgIpc) is 2.81. The molecular weight excluding hydrogens is 248 g/mol. The summed E-state index contributed by atoms with van der Waals surface area (Å²) in [5, 5.41) is 14.0. The van der Waals surface area contributed by atoms with Crippen molar-refractivity contribution in [3.63, 3.8) is 0 Å². The van der Waals surface area contributed by atoms with Crippen LogP contribution < -0.4 is 10.6 Å². The predicted molar refractivity (Wildman–Crippen MR) is 69.6 cm³/mol. The fourth-order valence-corrected chi connectivity index (χ4v) is 1.68. The molecule has 2 atom stereocenters. The van der Waals surface area contributed by atoms with Crippen molar-refractivity contribution in [2.75, 3.05) is 0 Å². The molecule has 0 saturated carbocycles. The number of carbonyl (C=O) groups is 2. The number of nitrogens with one attached hydrogen (secondary N) is 3. The summed E-state index contributed by atoms with van der Waals surface area (Å²) in [6.07, 6.45) is 4.62. The van der Waals surface area contributed by atoms with Gasteiger partial charge in [0, 0.05) is 24.9 Å². The molecule has 0 aliphatic heterocycles. The molecular formula is C12H20N4O3. The first-order chi connectivity index (χ1) is 8.99. The lowest BCUT2D eigenvalue weighted by Crippen LogP contribution is -2.42.